The van der Waals surface area contributed by atoms with Gasteiger partial charge in [-0.2, -0.15) is 18.1 Å². The lowest BCUT2D eigenvalue weighted by Gasteiger charge is -2.08. The van der Waals surface area contributed by atoms with E-state index in [2.05, 4.69) is 24.6 Å². The Morgan fingerprint density at radius 1 is 1.43 bits per heavy atom. The Morgan fingerprint density at radius 3 is 2.50 bits per heavy atom. The molecule has 1 aromatic rings. The first-order valence-corrected chi connectivity index (χ1v) is 5.56. The second-order valence-electron chi connectivity index (χ2n) is 3.12. The van der Waals surface area contributed by atoms with Crippen LogP contribution in [0.3, 0.4) is 0 Å². The molecular weight excluding hydrogens is 206 g/mol. The molecule has 0 spiro atoms. The zero-order chi connectivity index (χ0) is 10.8. The van der Waals surface area contributed by atoms with Crippen LogP contribution in [0.5, 0.6) is 0 Å². The summed E-state index contributed by atoms with van der Waals surface area (Å²) >= 11 is 0. The van der Waals surface area contributed by atoms with Crippen molar-refractivity contribution < 1.29 is 8.42 Å². The van der Waals surface area contributed by atoms with E-state index in [-0.39, 0.29) is 12.0 Å². The third-order valence-electron chi connectivity index (χ3n) is 1.21. The van der Waals surface area contributed by atoms with Crippen molar-refractivity contribution >= 4 is 16.2 Å². The maximum absolute atomic E-state index is 11.3. The van der Waals surface area contributed by atoms with Gasteiger partial charge in [-0.1, -0.05) is 0 Å². The van der Waals surface area contributed by atoms with Gasteiger partial charge in [0.05, 0.1) is 0 Å². The van der Waals surface area contributed by atoms with E-state index in [0.717, 1.165) is 0 Å². The largest absolute Gasteiger partial charge is 0.301 e. The lowest BCUT2D eigenvalue weighted by molar-refractivity contribution is 0.575. The lowest BCUT2D eigenvalue weighted by Crippen LogP contribution is -2.35. The van der Waals surface area contributed by atoms with Gasteiger partial charge in [0.2, 0.25) is 0 Å². The summed E-state index contributed by atoms with van der Waals surface area (Å²) < 4.78 is 27.1. The topological polar surface area (TPSA) is 99.8 Å². The molecular formula is C6H13N5O2S. The number of H-pyrrole nitrogens is 1. The molecule has 8 heteroatoms. The van der Waals surface area contributed by atoms with Crippen LogP contribution in [0.25, 0.3) is 0 Å². The fourth-order valence-electron chi connectivity index (χ4n) is 0.848. The second kappa shape index (κ2) is 3.93. The number of rotatable bonds is 4. The molecule has 0 aliphatic carbocycles. The van der Waals surface area contributed by atoms with E-state index >= 15 is 0 Å². The standard InChI is InChI=1S/C6H13N5O2S/c1-4(2)10-14(12,13)11-6-7-5(3)8-9-6/h4,10H,1-3H3,(H2,7,8,9,11). The van der Waals surface area contributed by atoms with Crippen molar-refractivity contribution in [2.45, 2.75) is 26.8 Å². The predicted octanol–water partition coefficient (Wildman–Crippen LogP) is -0.232. The molecule has 80 valence electrons. The van der Waals surface area contributed by atoms with Crippen molar-refractivity contribution in [2.75, 3.05) is 4.72 Å². The van der Waals surface area contributed by atoms with E-state index in [9.17, 15) is 8.42 Å². The SMILES string of the molecule is Cc1nc(NS(=O)(=O)NC(C)C)n[nH]1. The first kappa shape index (κ1) is 10.9. The first-order chi connectivity index (χ1) is 6.39. The Morgan fingerprint density at radius 2 is 2.07 bits per heavy atom. The normalized spacial score (nSPS) is 12.0. The predicted molar refractivity (Wildman–Crippen MR) is 51.9 cm³/mol. The van der Waals surface area contributed by atoms with Crippen molar-refractivity contribution in [2.24, 2.45) is 0 Å². The van der Waals surface area contributed by atoms with Crippen LogP contribution in [-0.4, -0.2) is 29.6 Å². The first-order valence-electron chi connectivity index (χ1n) is 4.08. The maximum Gasteiger partial charge on any atom is 0.301 e. The zero-order valence-electron chi connectivity index (χ0n) is 8.20. The van der Waals surface area contributed by atoms with Crippen molar-refractivity contribution in [3.05, 3.63) is 5.82 Å². The smallest absolute Gasteiger partial charge is 0.261 e. The van der Waals surface area contributed by atoms with E-state index in [1.54, 1.807) is 20.8 Å². The number of hydrogen-bond donors (Lipinski definition) is 3. The fourth-order valence-corrected chi connectivity index (χ4v) is 1.86. The molecule has 0 aromatic carbocycles. The average Bonchev–Trinajstić information content (AvgIpc) is 2.30. The molecule has 0 aliphatic rings. The van der Waals surface area contributed by atoms with E-state index in [0.29, 0.717) is 5.82 Å². The van der Waals surface area contributed by atoms with Crippen molar-refractivity contribution in [1.82, 2.24) is 19.9 Å². The van der Waals surface area contributed by atoms with Gasteiger partial charge in [-0.15, -0.1) is 5.10 Å². The van der Waals surface area contributed by atoms with Gasteiger partial charge in [-0.3, -0.25) is 5.10 Å². The van der Waals surface area contributed by atoms with Gasteiger partial charge >= 0.3 is 10.2 Å². The molecule has 0 atom stereocenters. The van der Waals surface area contributed by atoms with Crippen LogP contribution < -0.4 is 9.44 Å². The molecule has 0 bridgehead atoms. The van der Waals surface area contributed by atoms with E-state index < -0.39 is 10.2 Å². The minimum Gasteiger partial charge on any atom is -0.261 e. The van der Waals surface area contributed by atoms with E-state index in [4.69, 9.17) is 0 Å². The molecule has 1 aromatic heterocycles. The van der Waals surface area contributed by atoms with Gasteiger partial charge in [-0.25, -0.2) is 4.72 Å². The molecule has 7 nitrogen and oxygen atoms in total. The third kappa shape index (κ3) is 3.30. The number of nitrogens with zero attached hydrogens (tertiary/aromatic N) is 2. The third-order valence-corrected chi connectivity index (χ3v) is 2.45. The molecule has 14 heavy (non-hydrogen) atoms. The van der Waals surface area contributed by atoms with E-state index in [1.165, 1.54) is 0 Å². The molecule has 0 saturated heterocycles. The van der Waals surface area contributed by atoms with Crippen LogP contribution in [0.1, 0.15) is 19.7 Å². The molecule has 0 unspecified atom stereocenters. The van der Waals surface area contributed by atoms with Gasteiger partial charge in [0, 0.05) is 6.04 Å². The van der Waals surface area contributed by atoms with E-state index in [1.807, 2.05) is 0 Å². The van der Waals surface area contributed by atoms with Gasteiger partial charge < -0.3 is 0 Å². The number of hydrogen-bond acceptors (Lipinski definition) is 4. The summed E-state index contributed by atoms with van der Waals surface area (Å²) in [6, 6.07) is -0.174. The minimum atomic E-state index is -3.57. The minimum absolute atomic E-state index is 0.0376. The summed E-state index contributed by atoms with van der Waals surface area (Å²) in [5.41, 5.74) is 0. The summed E-state index contributed by atoms with van der Waals surface area (Å²) in [6.07, 6.45) is 0. The highest BCUT2D eigenvalue weighted by Crippen LogP contribution is 1.99. The van der Waals surface area contributed by atoms with Crippen molar-refractivity contribution in [3.63, 3.8) is 0 Å². The maximum atomic E-state index is 11.3. The summed E-state index contributed by atoms with van der Waals surface area (Å²) in [4.78, 5) is 3.81. The molecule has 3 N–H and O–H groups in total. The Kier molecular flexibility index (Phi) is 3.06. The van der Waals surface area contributed by atoms with Crippen LogP contribution >= 0.6 is 0 Å². The second-order valence-corrected chi connectivity index (χ2v) is 4.57. The van der Waals surface area contributed by atoms with Gasteiger partial charge in [0.1, 0.15) is 5.82 Å². The fraction of sp³-hybridized carbons (Fsp3) is 0.667. The number of aryl methyl sites for hydroxylation is 1. The van der Waals surface area contributed by atoms with Gasteiger partial charge in [0.15, 0.2) is 0 Å². The van der Waals surface area contributed by atoms with Crippen LogP contribution in [0.15, 0.2) is 0 Å². The zero-order valence-corrected chi connectivity index (χ0v) is 9.01. The Labute approximate surface area is 82.5 Å². The number of aromatic nitrogens is 3. The van der Waals surface area contributed by atoms with Crippen LogP contribution in [0, 0.1) is 6.92 Å². The number of aromatic amines is 1. The Bertz CT molecular complexity index is 396. The van der Waals surface area contributed by atoms with Crippen molar-refractivity contribution in [1.29, 1.82) is 0 Å². The van der Waals surface area contributed by atoms with Crippen LogP contribution in [0.2, 0.25) is 0 Å². The summed E-state index contributed by atoms with van der Waals surface area (Å²) in [7, 11) is -3.57. The Balaban J connectivity index is 2.69. The van der Waals surface area contributed by atoms with Gasteiger partial charge in [0.25, 0.3) is 5.95 Å². The van der Waals surface area contributed by atoms with Crippen LogP contribution in [0.4, 0.5) is 5.95 Å². The van der Waals surface area contributed by atoms with Crippen molar-refractivity contribution in [3.8, 4) is 0 Å². The number of nitrogens with one attached hydrogen (secondary N) is 3. The molecule has 1 heterocycles. The Hall–Kier alpha value is -1.15. The lowest BCUT2D eigenvalue weighted by atomic mass is 10.4. The molecule has 1 rings (SSSR count). The summed E-state index contributed by atoms with van der Waals surface area (Å²) in [5.74, 6) is 0.586. The molecule has 0 saturated carbocycles. The summed E-state index contributed by atoms with van der Waals surface area (Å²) in [6.45, 7) is 5.13. The molecule has 0 aliphatic heterocycles. The monoisotopic (exact) mass is 219 g/mol. The summed E-state index contributed by atoms with van der Waals surface area (Å²) in [5, 5.41) is 6.17. The van der Waals surface area contributed by atoms with Crippen LogP contribution in [-0.2, 0) is 10.2 Å². The quantitative estimate of drug-likeness (QED) is 0.651. The highest BCUT2D eigenvalue weighted by atomic mass is 32.2. The molecule has 0 fully saturated rings. The highest BCUT2D eigenvalue weighted by Gasteiger charge is 2.13. The average molecular weight is 219 g/mol. The molecule has 0 amide bonds. The van der Waals surface area contributed by atoms with Gasteiger partial charge in [-0.05, 0) is 20.8 Å². The number of anilines is 1. The molecule has 0 radical (unpaired) electrons. The highest BCUT2D eigenvalue weighted by molar-refractivity contribution is 7.90.